The van der Waals surface area contributed by atoms with Gasteiger partial charge >= 0.3 is 0 Å². The SMILES string of the molecule is CC1(C)C[C@H]2[C@@H]3C[C@@](C)(CCC3=O)CC[C@@H]21. The third-order valence-corrected chi connectivity index (χ3v) is 5.96. The Morgan fingerprint density at radius 2 is 1.88 bits per heavy atom. The minimum Gasteiger partial charge on any atom is -0.299 e. The minimum absolute atomic E-state index is 0.430. The van der Waals surface area contributed by atoms with E-state index in [4.69, 9.17) is 0 Å². The van der Waals surface area contributed by atoms with Gasteiger partial charge in [0, 0.05) is 12.3 Å². The first kappa shape index (κ1) is 10.8. The Labute approximate surface area is 99.0 Å². The normalized spacial score (nSPS) is 50.2. The lowest BCUT2D eigenvalue weighted by Gasteiger charge is -2.54. The molecule has 0 aromatic carbocycles. The Bertz CT molecular complexity index is 330. The van der Waals surface area contributed by atoms with Crippen LogP contribution in [-0.2, 0) is 4.79 Å². The first-order chi connectivity index (χ1) is 7.41. The Morgan fingerprint density at radius 3 is 2.56 bits per heavy atom. The lowest BCUT2D eigenvalue weighted by atomic mass is 9.50. The van der Waals surface area contributed by atoms with E-state index < -0.39 is 0 Å². The number of hydrogen-bond donors (Lipinski definition) is 0. The quantitative estimate of drug-likeness (QED) is 0.606. The van der Waals surface area contributed by atoms with Gasteiger partial charge in [-0.2, -0.15) is 0 Å². The van der Waals surface area contributed by atoms with Gasteiger partial charge in [-0.25, -0.2) is 0 Å². The summed E-state index contributed by atoms with van der Waals surface area (Å²) >= 11 is 0. The zero-order valence-electron chi connectivity index (χ0n) is 10.9. The van der Waals surface area contributed by atoms with E-state index in [9.17, 15) is 4.79 Å². The molecular weight excluding hydrogens is 196 g/mol. The van der Waals surface area contributed by atoms with Crippen molar-refractivity contribution in [3.05, 3.63) is 0 Å². The number of carbonyl (C=O) groups excluding carboxylic acids is 1. The van der Waals surface area contributed by atoms with Crippen molar-refractivity contribution in [3.63, 3.8) is 0 Å². The number of hydrogen-bond acceptors (Lipinski definition) is 1. The molecule has 16 heavy (non-hydrogen) atoms. The first-order valence-corrected chi connectivity index (χ1v) is 6.94. The Morgan fingerprint density at radius 1 is 1.12 bits per heavy atom. The first-order valence-electron chi connectivity index (χ1n) is 6.94. The molecular formula is C15H24O. The predicted octanol–water partition coefficient (Wildman–Crippen LogP) is 3.82. The van der Waals surface area contributed by atoms with Gasteiger partial charge in [-0.1, -0.05) is 20.8 Å². The summed E-state index contributed by atoms with van der Waals surface area (Å²) in [5, 5.41) is 0. The number of ketones is 1. The molecule has 3 aliphatic rings. The molecule has 0 aliphatic heterocycles. The molecule has 0 aromatic heterocycles. The van der Waals surface area contributed by atoms with E-state index in [1.807, 2.05) is 0 Å². The standard InChI is InChI=1S/C15H24O/c1-14(2)8-10-11-9-15(3,6-4-12(10)14)7-5-13(11)16/h10-12H,4-9H2,1-3H3/t10-,11-,12-,15+/m0/s1. The lowest BCUT2D eigenvalue weighted by Crippen LogP contribution is -2.48. The molecule has 0 saturated heterocycles. The molecule has 0 heterocycles. The van der Waals surface area contributed by atoms with E-state index >= 15 is 0 Å². The second-order valence-electron chi connectivity index (χ2n) is 7.59. The lowest BCUT2D eigenvalue weighted by molar-refractivity contribution is -0.135. The van der Waals surface area contributed by atoms with Crippen molar-refractivity contribution >= 4 is 5.78 Å². The maximum atomic E-state index is 12.1. The van der Waals surface area contributed by atoms with Gasteiger partial charge in [-0.3, -0.25) is 4.79 Å². The molecule has 0 aromatic rings. The van der Waals surface area contributed by atoms with Crippen LogP contribution in [0.3, 0.4) is 0 Å². The van der Waals surface area contributed by atoms with Crippen molar-refractivity contribution in [2.75, 3.05) is 0 Å². The van der Waals surface area contributed by atoms with Crippen molar-refractivity contribution in [1.29, 1.82) is 0 Å². The van der Waals surface area contributed by atoms with E-state index in [0.717, 1.165) is 24.7 Å². The second-order valence-corrected chi connectivity index (χ2v) is 7.59. The smallest absolute Gasteiger partial charge is 0.136 e. The van der Waals surface area contributed by atoms with Crippen LogP contribution < -0.4 is 0 Å². The van der Waals surface area contributed by atoms with Crippen molar-refractivity contribution in [3.8, 4) is 0 Å². The molecule has 1 nitrogen and oxygen atoms in total. The maximum absolute atomic E-state index is 12.1. The summed E-state index contributed by atoms with van der Waals surface area (Å²) in [4.78, 5) is 12.1. The molecule has 0 N–H and O–H groups in total. The minimum atomic E-state index is 0.430. The van der Waals surface area contributed by atoms with Crippen molar-refractivity contribution in [2.45, 2.75) is 59.3 Å². The molecule has 3 rings (SSSR count). The molecule has 3 saturated carbocycles. The van der Waals surface area contributed by atoms with Gasteiger partial charge in [0.1, 0.15) is 5.78 Å². The molecule has 0 spiro atoms. The third kappa shape index (κ3) is 1.39. The fourth-order valence-corrected chi connectivity index (χ4v) is 4.83. The zero-order valence-corrected chi connectivity index (χ0v) is 10.9. The summed E-state index contributed by atoms with van der Waals surface area (Å²) in [6.45, 7) is 7.22. The topological polar surface area (TPSA) is 17.1 Å². The molecule has 0 radical (unpaired) electrons. The van der Waals surface area contributed by atoms with E-state index in [-0.39, 0.29) is 0 Å². The van der Waals surface area contributed by atoms with Crippen LogP contribution in [0.4, 0.5) is 0 Å². The van der Waals surface area contributed by atoms with Gasteiger partial charge in [-0.15, -0.1) is 0 Å². The molecule has 0 amide bonds. The van der Waals surface area contributed by atoms with Gasteiger partial charge < -0.3 is 0 Å². The van der Waals surface area contributed by atoms with Crippen molar-refractivity contribution in [1.82, 2.24) is 0 Å². The van der Waals surface area contributed by atoms with Gasteiger partial charge in [-0.05, 0) is 54.8 Å². The summed E-state index contributed by atoms with van der Waals surface area (Å²) in [6.07, 6.45) is 7.25. The van der Waals surface area contributed by atoms with Crippen molar-refractivity contribution in [2.24, 2.45) is 28.6 Å². The highest BCUT2D eigenvalue weighted by Crippen LogP contribution is 2.62. The average Bonchev–Trinajstić information content (AvgIpc) is 2.28. The van der Waals surface area contributed by atoms with E-state index in [2.05, 4.69) is 20.8 Å². The molecule has 3 aliphatic carbocycles. The van der Waals surface area contributed by atoms with Crippen LogP contribution in [0.5, 0.6) is 0 Å². The van der Waals surface area contributed by atoms with E-state index in [0.29, 0.717) is 22.5 Å². The van der Waals surface area contributed by atoms with Crippen LogP contribution >= 0.6 is 0 Å². The molecule has 4 atom stereocenters. The summed E-state index contributed by atoms with van der Waals surface area (Å²) < 4.78 is 0. The van der Waals surface area contributed by atoms with Gasteiger partial charge in [0.15, 0.2) is 0 Å². The van der Waals surface area contributed by atoms with Crippen LogP contribution in [0.25, 0.3) is 0 Å². The summed E-state index contributed by atoms with van der Waals surface area (Å²) in [5.41, 5.74) is 1.00. The number of rotatable bonds is 0. The van der Waals surface area contributed by atoms with Crippen LogP contribution in [0.2, 0.25) is 0 Å². The van der Waals surface area contributed by atoms with Gasteiger partial charge in [0.2, 0.25) is 0 Å². The van der Waals surface area contributed by atoms with Crippen molar-refractivity contribution < 1.29 is 4.79 Å². The molecule has 1 heteroatoms. The highest BCUT2D eigenvalue weighted by Gasteiger charge is 2.56. The Kier molecular flexibility index (Phi) is 2.10. The van der Waals surface area contributed by atoms with Gasteiger partial charge in [0.25, 0.3) is 0 Å². The number of fused-ring (bicyclic) bond motifs is 4. The molecule has 90 valence electrons. The monoisotopic (exact) mass is 220 g/mol. The summed E-state index contributed by atoms with van der Waals surface area (Å²) in [5.74, 6) is 2.59. The second kappa shape index (κ2) is 3.11. The van der Waals surface area contributed by atoms with E-state index in [1.54, 1.807) is 0 Å². The molecule has 0 unspecified atom stereocenters. The van der Waals surface area contributed by atoms with E-state index in [1.165, 1.54) is 25.7 Å². The summed E-state index contributed by atoms with van der Waals surface area (Å²) in [7, 11) is 0. The predicted molar refractivity (Wildman–Crippen MR) is 65.1 cm³/mol. The Balaban J connectivity index is 1.90. The fourth-order valence-electron chi connectivity index (χ4n) is 4.83. The largest absolute Gasteiger partial charge is 0.299 e. The molecule has 3 fully saturated rings. The number of Topliss-reactive ketones (excluding diaryl/α,β-unsaturated/α-hetero) is 1. The summed E-state index contributed by atoms with van der Waals surface area (Å²) in [6, 6.07) is 0. The maximum Gasteiger partial charge on any atom is 0.136 e. The fraction of sp³-hybridized carbons (Fsp3) is 0.933. The average molecular weight is 220 g/mol. The zero-order chi connectivity index (χ0) is 11.6. The number of carbonyl (C=O) groups is 1. The highest BCUT2D eigenvalue weighted by atomic mass is 16.1. The Hall–Kier alpha value is -0.330. The van der Waals surface area contributed by atoms with Crippen LogP contribution in [0.1, 0.15) is 59.3 Å². The van der Waals surface area contributed by atoms with Crippen LogP contribution in [0, 0.1) is 28.6 Å². The van der Waals surface area contributed by atoms with Gasteiger partial charge in [0.05, 0.1) is 0 Å². The highest BCUT2D eigenvalue weighted by molar-refractivity contribution is 5.82. The van der Waals surface area contributed by atoms with Crippen LogP contribution in [0.15, 0.2) is 0 Å². The third-order valence-electron chi connectivity index (χ3n) is 5.96. The molecule has 2 bridgehead atoms. The van der Waals surface area contributed by atoms with Crippen LogP contribution in [-0.4, -0.2) is 5.78 Å².